The highest BCUT2D eigenvalue weighted by Crippen LogP contribution is 2.31. The van der Waals surface area contributed by atoms with Crippen LogP contribution in [0.3, 0.4) is 0 Å². The molecule has 0 bridgehead atoms. The molecule has 0 spiro atoms. The molecule has 0 saturated carbocycles. The van der Waals surface area contributed by atoms with Crippen LogP contribution in [0.1, 0.15) is 19.4 Å². The Bertz CT molecular complexity index is 500. The molecular weight excluding hydrogens is 290 g/mol. The quantitative estimate of drug-likeness (QED) is 0.746. The number of carboxylic acids is 1. The van der Waals surface area contributed by atoms with Gasteiger partial charge in [0, 0.05) is 26.3 Å². The number of carbonyl (C=O) groups is 1. The molecule has 0 aromatic heterocycles. The molecule has 0 amide bonds. The fraction of sp³-hybridized carbons (Fsp3) is 0.438. The van der Waals surface area contributed by atoms with Gasteiger partial charge in [-0.05, 0) is 23.6 Å². The molecule has 0 fully saturated rings. The first-order chi connectivity index (χ1) is 9.95. The third kappa shape index (κ3) is 5.78. The molecule has 1 aromatic rings. The average molecular weight is 312 g/mol. The zero-order valence-electron chi connectivity index (χ0n) is 12.7. The molecule has 0 aliphatic carbocycles. The molecule has 0 atom stereocenters. The Morgan fingerprint density at radius 1 is 1.48 bits per heavy atom. The van der Waals surface area contributed by atoms with Crippen molar-refractivity contribution in [3.8, 4) is 0 Å². The Balaban J connectivity index is 3.17. The number of halogens is 1. The highest BCUT2D eigenvalue weighted by atomic mass is 35.5. The summed E-state index contributed by atoms with van der Waals surface area (Å²) in [5.41, 5.74) is 1.64. The van der Waals surface area contributed by atoms with Gasteiger partial charge in [-0.2, -0.15) is 0 Å². The van der Waals surface area contributed by atoms with E-state index in [0.717, 1.165) is 23.9 Å². The van der Waals surface area contributed by atoms with E-state index < -0.39 is 5.97 Å². The lowest BCUT2D eigenvalue weighted by atomic mass is 10.1. The van der Waals surface area contributed by atoms with Gasteiger partial charge in [0.15, 0.2) is 0 Å². The molecule has 0 aliphatic rings. The van der Waals surface area contributed by atoms with Gasteiger partial charge in [-0.15, -0.1) is 0 Å². The molecule has 0 radical (unpaired) electrons. The second kappa shape index (κ2) is 8.70. The molecular formula is C16H22ClNO3. The van der Waals surface area contributed by atoms with Gasteiger partial charge in [0.2, 0.25) is 0 Å². The second-order valence-corrected chi connectivity index (χ2v) is 5.59. The number of aliphatic carboxylic acids is 1. The third-order valence-electron chi connectivity index (χ3n) is 2.89. The van der Waals surface area contributed by atoms with Crippen LogP contribution >= 0.6 is 11.6 Å². The molecule has 21 heavy (non-hydrogen) atoms. The second-order valence-electron chi connectivity index (χ2n) is 5.18. The maximum atomic E-state index is 10.7. The molecule has 4 nitrogen and oxygen atoms in total. The van der Waals surface area contributed by atoms with E-state index in [1.165, 1.54) is 0 Å². The number of ether oxygens (including phenoxy) is 1. The summed E-state index contributed by atoms with van der Waals surface area (Å²) in [5, 5.41) is 9.42. The Labute approximate surface area is 131 Å². The van der Waals surface area contributed by atoms with Crippen LogP contribution < -0.4 is 4.90 Å². The first kappa shape index (κ1) is 17.5. The highest BCUT2D eigenvalue weighted by Gasteiger charge is 2.15. The minimum absolute atomic E-state index is 0.453. The maximum absolute atomic E-state index is 10.7. The summed E-state index contributed by atoms with van der Waals surface area (Å²) in [7, 11) is 1.66. The molecule has 0 heterocycles. The predicted molar refractivity (Wildman–Crippen MR) is 87.0 cm³/mol. The van der Waals surface area contributed by atoms with Crippen LogP contribution in [0.25, 0.3) is 6.08 Å². The van der Waals surface area contributed by atoms with Crippen molar-refractivity contribution >= 4 is 29.3 Å². The minimum atomic E-state index is -0.978. The Hall–Kier alpha value is -1.52. The van der Waals surface area contributed by atoms with E-state index in [-0.39, 0.29) is 0 Å². The van der Waals surface area contributed by atoms with Crippen LogP contribution in [0.4, 0.5) is 5.69 Å². The van der Waals surface area contributed by atoms with Crippen molar-refractivity contribution in [2.24, 2.45) is 5.92 Å². The first-order valence-corrected chi connectivity index (χ1v) is 7.27. The van der Waals surface area contributed by atoms with Crippen molar-refractivity contribution in [2.75, 3.05) is 31.7 Å². The van der Waals surface area contributed by atoms with Crippen LogP contribution in [0.5, 0.6) is 0 Å². The number of carboxylic acid groups (broad SMARTS) is 1. The van der Waals surface area contributed by atoms with E-state index in [4.69, 9.17) is 21.4 Å². The topological polar surface area (TPSA) is 49.8 Å². The fourth-order valence-electron chi connectivity index (χ4n) is 2.10. The van der Waals surface area contributed by atoms with E-state index in [9.17, 15) is 4.79 Å². The summed E-state index contributed by atoms with van der Waals surface area (Å²) in [6.45, 7) is 6.36. The number of rotatable bonds is 8. The third-order valence-corrected chi connectivity index (χ3v) is 3.20. The summed E-state index contributed by atoms with van der Waals surface area (Å²) >= 11 is 6.34. The number of benzene rings is 1. The van der Waals surface area contributed by atoms with Crippen LogP contribution in [0.15, 0.2) is 24.3 Å². The number of methoxy groups -OCH3 is 1. The summed E-state index contributed by atoms with van der Waals surface area (Å²) < 4.78 is 5.16. The summed E-state index contributed by atoms with van der Waals surface area (Å²) in [5.74, 6) is -0.525. The molecule has 0 unspecified atom stereocenters. The van der Waals surface area contributed by atoms with Crippen molar-refractivity contribution in [1.82, 2.24) is 0 Å². The summed E-state index contributed by atoms with van der Waals surface area (Å²) in [6, 6.07) is 5.49. The standard InChI is InChI=1S/C16H22ClNO3/c1-12(2)11-18(9-10-21-3)16-13(7-8-15(19)20)5-4-6-14(16)17/h4-8,12H,9-11H2,1-3H3,(H,19,20)/b8-7+. The number of hydrogen-bond acceptors (Lipinski definition) is 3. The molecule has 1 rings (SSSR count). The SMILES string of the molecule is COCCN(CC(C)C)c1c(Cl)cccc1/C=C/C(=O)O. The minimum Gasteiger partial charge on any atom is -0.478 e. The Morgan fingerprint density at radius 2 is 2.19 bits per heavy atom. The highest BCUT2D eigenvalue weighted by molar-refractivity contribution is 6.33. The van der Waals surface area contributed by atoms with Crippen LogP contribution in [-0.4, -0.2) is 37.9 Å². The molecule has 5 heteroatoms. The normalized spacial score (nSPS) is 11.3. The number of anilines is 1. The molecule has 1 N–H and O–H groups in total. The van der Waals surface area contributed by atoms with Crippen molar-refractivity contribution in [1.29, 1.82) is 0 Å². The van der Waals surface area contributed by atoms with Gasteiger partial charge in [-0.3, -0.25) is 0 Å². The smallest absolute Gasteiger partial charge is 0.328 e. The van der Waals surface area contributed by atoms with Gasteiger partial charge in [0.25, 0.3) is 0 Å². The lowest BCUT2D eigenvalue weighted by molar-refractivity contribution is -0.131. The van der Waals surface area contributed by atoms with Gasteiger partial charge >= 0.3 is 5.97 Å². The first-order valence-electron chi connectivity index (χ1n) is 6.89. The average Bonchev–Trinajstić information content (AvgIpc) is 2.41. The van der Waals surface area contributed by atoms with Gasteiger partial charge in [-0.1, -0.05) is 37.6 Å². The largest absolute Gasteiger partial charge is 0.478 e. The van der Waals surface area contributed by atoms with Crippen LogP contribution in [0, 0.1) is 5.92 Å². The van der Waals surface area contributed by atoms with Crippen molar-refractivity contribution < 1.29 is 14.6 Å². The lowest BCUT2D eigenvalue weighted by Crippen LogP contribution is -2.31. The van der Waals surface area contributed by atoms with E-state index >= 15 is 0 Å². The van der Waals surface area contributed by atoms with Crippen molar-refractivity contribution in [2.45, 2.75) is 13.8 Å². The number of hydrogen-bond donors (Lipinski definition) is 1. The maximum Gasteiger partial charge on any atom is 0.328 e. The van der Waals surface area contributed by atoms with E-state index in [1.807, 2.05) is 18.2 Å². The predicted octanol–water partition coefficient (Wildman–Crippen LogP) is 3.55. The zero-order valence-corrected chi connectivity index (χ0v) is 13.4. The van der Waals surface area contributed by atoms with Crippen molar-refractivity contribution in [3.05, 3.63) is 34.9 Å². The van der Waals surface area contributed by atoms with E-state index in [0.29, 0.717) is 24.1 Å². The molecule has 0 saturated heterocycles. The Morgan fingerprint density at radius 3 is 2.76 bits per heavy atom. The van der Waals surface area contributed by atoms with E-state index in [2.05, 4.69) is 18.7 Å². The van der Waals surface area contributed by atoms with E-state index in [1.54, 1.807) is 13.2 Å². The van der Waals surface area contributed by atoms with Gasteiger partial charge in [0.05, 0.1) is 17.3 Å². The molecule has 1 aromatic carbocycles. The number of nitrogens with zero attached hydrogens (tertiary/aromatic N) is 1. The summed E-state index contributed by atoms with van der Waals surface area (Å²) in [4.78, 5) is 12.9. The monoisotopic (exact) mass is 311 g/mol. The van der Waals surface area contributed by atoms with Crippen molar-refractivity contribution in [3.63, 3.8) is 0 Å². The molecule has 0 aliphatic heterocycles. The summed E-state index contributed by atoms with van der Waals surface area (Å²) in [6.07, 6.45) is 2.70. The Kier molecular flexibility index (Phi) is 7.26. The fourth-order valence-corrected chi connectivity index (χ4v) is 2.40. The number of para-hydroxylation sites is 1. The lowest BCUT2D eigenvalue weighted by Gasteiger charge is -2.29. The van der Waals surface area contributed by atoms with Gasteiger partial charge in [0.1, 0.15) is 0 Å². The molecule has 116 valence electrons. The van der Waals surface area contributed by atoms with Crippen LogP contribution in [0.2, 0.25) is 5.02 Å². The van der Waals surface area contributed by atoms with Crippen LogP contribution in [-0.2, 0) is 9.53 Å². The van der Waals surface area contributed by atoms with Gasteiger partial charge < -0.3 is 14.7 Å². The zero-order chi connectivity index (χ0) is 15.8. The van der Waals surface area contributed by atoms with Gasteiger partial charge in [-0.25, -0.2) is 4.79 Å².